The largest absolute Gasteiger partial charge is 0.371 e. The number of hydrogen-bond donors (Lipinski definition) is 0. The second-order valence-electron chi connectivity index (χ2n) is 7.10. The highest BCUT2D eigenvalue weighted by Crippen LogP contribution is 2.46. The Labute approximate surface area is 154 Å². The Hall–Kier alpha value is -0.583. The molecule has 0 N–H and O–H groups in total. The average molecular weight is 414 g/mol. The first kappa shape index (κ1) is 18.8. The number of halogens is 2. The van der Waals surface area contributed by atoms with Gasteiger partial charge in [-0.1, -0.05) is 53.1 Å². The Morgan fingerprint density at radius 2 is 1.65 bits per heavy atom. The summed E-state index contributed by atoms with van der Waals surface area (Å²) in [5, 5.41) is 0.707. The molecule has 0 aliphatic rings. The first-order chi connectivity index (χ1) is 10.7. The molecule has 2 rings (SSSR count). The molecule has 126 valence electrons. The lowest BCUT2D eigenvalue weighted by Crippen LogP contribution is -2.52. The summed E-state index contributed by atoms with van der Waals surface area (Å²) in [6, 6.07) is 5.95. The highest BCUT2D eigenvalue weighted by atomic mass is 79.9. The summed E-state index contributed by atoms with van der Waals surface area (Å²) in [6.07, 6.45) is 4.06. The molecule has 0 atom stereocenters. The minimum Gasteiger partial charge on any atom is -0.371 e. The molecule has 0 bridgehead atoms. The van der Waals surface area contributed by atoms with E-state index in [1.165, 1.54) is 0 Å². The first-order valence-corrected chi connectivity index (χ1v) is 11.6. The molecule has 0 spiro atoms. The van der Waals surface area contributed by atoms with E-state index in [-0.39, 0.29) is 0 Å². The van der Waals surface area contributed by atoms with E-state index in [1.807, 2.05) is 18.3 Å². The van der Waals surface area contributed by atoms with Crippen molar-refractivity contribution >= 4 is 35.8 Å². The maximum absolute atomic E-state index is 6.45. The third-order valence-electron chi connectivity index (χ3n) is 4.98. The first-order valence-electron chi connectivity index (χ1n) is 8.22. The highest BCUT2D eigenvalue weighted by Gasteiger charge is 2.46. The van der Waals surface area contributed by atoms with Crippen molar-refractivity contribution in [1.82, 2.24) is 9.22 Å². The minimum atomic E-state index is -1.85. The van der Waals surface area contributed by atoms with Crippen LogP contribution in [0.2, 0.25) is 21.6 Å². The van der Waals surface area contributed by atoms with Crippen LogP contribution >= 0.6 is 27.5 Å². The van der Waals surface area contributed by atoms with E-state index in [2.05, 4.69) is 79.0 Å². The predicted molar refractivity (Wildman–Crippen MR) is 107 cm³/mol. The average Bonchev–Trinajstić information content (AvgIpc) is 2.80. The lowest BCUT2D eigenvalue weighted by molar-refractivity contribution is 0.767. The van der Waals surface area contributed by atoms with Gasteiger partial charge in [0, 0.05) is 16.9 Å². The minimum absolute atomic E-state index is 0.614. The maximum atomic E-state index is 6.45. The zero-order valence-electron chi connectivity index (χ0n) is 14.8. The van der Waals surface area contributed by atoms with Crippen LogP contribution in [0.4, 0.5) is 0 Å². The van der Waals surface area contributed by atoms with Gasteiger partial charge in [0.25, 0.3) is 0 Å². The topological polar surface area (TPSA) is 17.8 Å². The zero-order chi connectivity index (χ0) is 17.4. The maximum Gasteiger partial charge on any atom is 0.169 e. The summed E-state index contributed by atoms with van der Waals surface area (Å²) >= 11 is 10.1. The van der Waals surface area contributed by atoms with Gasteiger partial charge in [0.05, 0.1) is 10.7 Å². The van der Waals surface area contributed by atoms with Crippen molar-refractivity contribution in [2.75, 3.05) is 0 Å². The van der Waals surface area contributed by atoms with Gasteiger partial charge in [-0.15, -0.1) is 0 Å². The van der Waals surface area contributed by atoms with Crippen LogP contribution in [0.5, 0.6) is 0 Å². The molecule has 0 aromatic carbocycles. The third-order valence-corrected chi connectivity index (χ3v) is 12.5. The molecule has 2 aromatic rings. The number of nitrogens with zero attached hydrogens (tertiary/aromatic N) is 2. The molecule has 0 unspecified atom stereocenters. The van der Waals surface area contributed by atoms with Crippen LogP contribution in [0.25, 0.3) is 11.4 Å². The standard InChI is InChI=1S/C18H26BrClN2Si/c1-12(2)23(13(3)4,14(5)6)22-11-15(19)10-17(22)18-16(20)8-7-9-21-18/h7-14H,1-6H3. The Bertz CT molecular complexity index is 658. The van der Waals surface area contributed by atoms with Gasteiger partial charge in [-0.05, 0) is 50.8 Å². The van der Waals surface area contributed by atoms with E-state index in [0.29, 0.717) is 21.6 Å². The fourth-order valence-corrected chi connectivity index (χ4v) is 11.8. The van der Waals surface area contributed by atoms with E-state index in [4.69, 9.17) is 11.6 Å². The molecule has 2 heterocycles. The van der Waals surface area contributed by atoms with Crippen LogP contribution in [0.3, 0.4) is 0 Å². The van der Waals surface area contributed by atoms with Crippen molar-refractivity contribution in [3.8, 4) is 11.4 Å². The molecular weight excluding hydrogens is 388 g/mol. The van der Waals surface area contributed by atoms with Crippen molar-refractivity contribution in [2.24, 2.45) is 0 Å². The molecule has 0 saturated heterocycles. The quantitative estimate of drug-likeness (QED) is 0.483. The molecule has 2 nitrogen and oxygen atoms in total. The fourth-order valence-electron chi connectivity index (χ4n) is 4.34. The predicted octanol–water partition coefficient (Wildman–Crippen LogP) is 6.99. The Kier molecular flexibility index (Phi) is 5.80. The van der Waals surface area contributed by atoms with Gasteiger partial charge in [0.2, 0.25) is 0 Å². The highest BCUT2D eigenvalue weighted by molar-refractivity contribution is 9.10. The van der Waals surface area contributed by atoms with Crippen LogP contribution < -0.4 is 0 Å². The van der Waals surface area contributed by atoms with Crippen molar-refractivity contribution in [3.05, 3.63) is 40.1 Å². The van der Waals surface area contributed by atoms with Crippen molar-refractivity contribution in [2.45, 2.75) is 58.2 Å². The second-order valence-corrected chi connectivity index (χ2v) is 14.1. The van der Waals surface area contributed by atoms with Gasteiger partial charge in [-0.3, -0.25) is 4.98 Å². The SMILES string of the molecule is CC(C)[Si](C(C)C)(C(C)C)n1cc(Br)cc1-c1ncccc1Cl. The molecular formula is C18H26BrClN2Si. The van der Waals surface area contributed by atoms with Gasteiger partial charge in [-0.2, -0.15) is 0 Å². The van der Waals surface area contributed by atoms with E-state index in [9.17, 15) is 0 Å². The summed E-state index contributed by atoms with van der Waals surface area (Å²) in [4.78, 5) is 4.56. The lowest BCUT2D eigenvalue weighted by Gasteiger charge is -2.45. The molecule has 5 heteroatoms. The molecule has 0 radical (unpaired) electrons. The van der Waals surface area contributed by atoms with Crippen LogP contribution in [-0.2, 0) is 0 Å². The Morgan fingerprint density at radius 1 is 1.09 bits per heavy atom. The van der Waals surface area contributed by atoms with Crippen LogP contribution in [0, 0.1) is 0 Å². The van der Waals surface area contributed by atoms with Gasteiger partial charge in [-0.25, -0.2) is 0 Å². The fraction of sp³-hybridized carbons (Fsp3) is 0.500. The van der Waals surface area contributed by atoms with Gasteiger partial charge < -0.3 is 4.23 Å². The summed E-state index contributed by atoms with van der Waals surface area (Å²) in [5.74, 6) is 0. The molecule has 0 amide bonds. The van der Waals surface area contributed by atoms with Crippen molar-refractivity contribution in [3.63, 3.8) is 0 Å². The smallest absolute Gasteiger partial charge is 0.169 e. The summed E-state index contributed by atoms with van der Waals surface area (Å²) in [5.41, 5.74) is 3.85. The molecule has 23 heavy (non-hydrogen) atoms. The normalized spacial score (nSPS) is 12.7. The summed E-state index contributed by atoms with van der Waals surface area (Å²) < 4.78 is 3.62. The second kappa shape index (κ2) is 7.12. The van der Waals surface area contributed by atoms with Crippen molar-refractivity contribution < 1.29 is 0 Å². The lowest BCUT2D eigenvalue weighted by atomic mass is 10.3. The number of pyridine rings is 1. The van der Waals surface area contributed by atoms with Gasteiger partial charge in [0.1, 0.15) is 5.69 Å². The molecule has 0 aliphatic carbocycles. The monoisotopic (exact) mass is 412 g/mol. The molecule has 0 aliphatic heterocycles. The summed E-state index contributed by atoms with van der Waals surface area (Å²) in [7, 11) is -1.85. The van der Waals surface area contributed by atoms with Gasteiger partial charge >= 0.3 is 0 Å². The van der Waals surface area contributed by atoms with E-state index in [1.54, 1.807) is 0 Å². The molecule has 0 saturated carbocycles. The Morgan fingerprint density at radius 3 is 2.13 bits per heavy atom. The van der Waals surface area contributed by atoms with Gasteiger partial charge in [0.15, 0.2) is 8.24 Å². The van der Waals surface area contributed by atoms with E-state index in [0.717, 1.165) is 15.9 Å². The van der Waals surface area contributed by atoms with E-state index >= 15 is 0 Å². The Balaban J connectivity index is 2.79. The third kappa shape index (κ3) is 3.18. The van der Waals surface area contributed by atoms with Crippen molar-refractivity contribution in [1.29, 1.82) is 0 Å². The van der Waals surface area contributed by atoms with Crippen LogP contribution in [-0.4, -0.2) is 17.5 Å². The number of rotatable bonds is 5. The number of aromatic nitrogens is 2. The molecule has 2 aromatic heterocycles. The molecule has 0 fully saturated rings. The number of hydrogen-bond acceptors (Lipinski definition) is 1. The van der Waals surface area contributed by atoms with E-state index < -0.39 is 8.24 Å². The summed E-state index contributed by atoms with van der Waals surface area (Å²) in [6.45, 7) is 14.2. The van der Waals surface area contributed by atoms with Crippen LogP contribution in [0.1, 0.15) is 41.5 Å². The zero-order valence-corrected chi connectivity index (χ0v) is 18.1. The van der Waals surface area contributed by atoms with Crippen LogP contribution in [0.15, 0.2) is 35.1 Å².